The molecule has 0 aliphatic heterocycles. The lowest BCUT2D eigenvalue weighted by Crippen LogP contribution is -1.88. The Morgan fingerprint density at radius 1 is 1.12 bits per heavy atom. The average Bonchev–Trinajstić information content (AvgIpc) is 2.32. The van der Waals surface area contributed by atoms with Crippen LogP contribution in [0.3, 0.4) is 0 Å². The molecule has 2 heteroatoms. The second-order valence-electron chi connectivity index (χ2n) is 3.99. The molecule has 17 heavy (non-hydrogen) atoms. The van der Waals surface area contributed by atoms with Gasteiger partial charge in [0.05, 0.1) is 12.5 Å². The van der Waals surface area contributed by atoms with E-state index in [2.05, 4.69) is 6.07 Å². The van der Waals surface area contributed by atoms with Crippen LogP contribution < -0.4 is 0 Å². The second-order valence-corrected chi connectivity index (χ2v) is 3.99. The van der Waals surface area contributed by atoms with Gasteiger partial charge in [0.15, 0.2) is 0 Å². The summed E-state index contributed by atoms with van der Waals surface area (Å²) in [6.45, 7) is 1.97. The van der Waals surface area contributed by atoms with Crippen molar-refractivity contribution in [3.8, 4) is 17.2 Å². The van der Waals surface area contributed by atoms with Crippen LogP contribution in [0.5, 0.6) is 0 Å². The van der Waals surface area contributed by atoms with E-state index >= 15 is 0 Å². The summed E-state index contributed by atoms with van der Waals surface area (Å²) in [5.74, 6) is -0.235. The summed E-state index contributed by atoms with van der Waals surface area (Å²) in [5, 5.41) is 8.67. The lowest BCUT2D eigenvalue weighted by Gasteiger charge is -2.06. The zero-order valence-electron chi connectivity index (χ0n) is 9.57. The highest BCUT2D eigenvalue weighted by Gasteiger charge is 2.02. The fraction of sp³-hybridized carbons (Fsp3) is 0.133. The Morgan fingerprint density at radius 2 is 1.88 bits per heavy atom. The van der Waals surface area contributed by atoms with Gasteiger partial charge in [0.25, 0.3) is 0 Å². The molecule has 0 heterocycles. The molecule has 0 bridgehead atoms. The van der Waals surface area contributed by atoms with Crippen molar-refractivity contribution in [1.82, 2.24) is 0 Å². The van der Waals surface area contributed by atoms with Crippen molar-refractivity contribution >= 4 is 0 Å². The first-order chi connectivity index (χ1) is 8.20. The van der Waals surface area contributed by atoms with Crippen LogP contribution in [0, 0.1) is 24.1 Å². The highest BCUT2D eigenvalue weighted by atomic mass is 19.1. The van der Waals surface area contributed by atoms with Gasteiger partial charge in [0, 0.05) is 0 Å². The first-order valence-corrected chi connectivity index (χ1v) is 5.43. The molecule has 0 radical (unpaired) electrons. The molecular weight excluding hydrogens is 213 g/mol. The molecule has 1 nitrogen and oxygen atoms in total. The summed E-state index contributed by atoms with van der Waals surface area (Å²) in [6.07, 6.45) is 0.412. The van der Waals surface area contributed by atoms with Crippen molar-refractivity contribution < 1.29 is 4.39 Å². The number of nitriles is 1. The van der Waals surface area contributed by atoms with E-state index < -0.39 is 0 Å². The summed E-state index contributed by atoms with van der Waals surface area (Å²) < 4.78 is 13.1. The largest absolute Gasteiger partial charge is 0.207 e. The Bertz CT molecular complexity index is 582. The van der Waals surface area contributed by atoms with E-state index in [0.717, 1.165) is 22.3 Å². The number of aryl methyl sites for hydroxylation is 1. The summed E-state index contributed by atoms with van der Waals surface area (Å²) in [4.78, 5) is 0. The van der Waals surface area contributed by atoms with Crippen LogP contribution in [0.25, 0.3) is 11.1 Å². The maximum absolute atomic E-state index is 13.1. The van der Waals surface area contributed by atoms with Gasteiger partial charge in [-0.05, 0) is 41.3 Å². The van der Waals surface area contributed by atoms with Crippen LogP contribution in [0.4, 0.5) is 4.39 Å². The molecule has 84 valence electrons. The Balaban J connectivity index is 2.42. The van der Waals surface area contributed by atoms with E-state index in [0.29, 0.717) is 6.42 Å². The molecule has 2 rings (SSSR count). The van der Waals surface area contributed by atoms with Crippen LogP contribution >= 0.6 is 0 Å². The molecule has 0 saturated heterocycles. The monoisotopic (exact) mass is 225 g/mol. The third kappa shape index (κ3) is 2.51. The highest BCUT2D eigenvalue weighted by molar-refractivity contribution is 5.64. The molecule has 0 atom stereocenters. The van der Waals surface area contributed by atoms with Crippen LogP contribution in [-0.4, -0.2) is 0 Å². The molecule has 0 aliphatic carbocycles. The Kier molecular flexibility index (Phi) is 3.20. The fourth-order valence-corrected chi connectivity index (χ4v) is 1.83. The van der Waals surface area contributed by atoms with Crippen molar-refractivity contribution in [2.75, 3.05) is 0 Å². The first kappa shape index (κ1) is 11.3. The van der Waals surface area contributed by atoms with E-state index in [1.165, 1.54) is 12.1 Å². The molecule has 0 amide bonds. The number of halogens is 1. The minimum absolute atomic E-state index is 0.235. The van der Waals surface area contributed by atoms with Crippen LogP contribution in [0.1, 0.15) is 11.1 Å². The van der Waals surface area contributed by atoms with Gasteiger partial charge in [-0.1, -0.05) is 30.3 Å². The van der Waals surface area contributed by atoms with Crippen molar-refractivity contribution in [3.63, 3.8) is 0 Å². The number of rotatable bonds is 2. The standard InChI is InChI=1S/C15H12FN/c1-11-9-14(6-5-12(11)7-8-17)13-3-2-4-15(16)10-13/h2-6,9-10H,7H2,1H3. The third-order valence-corrected chi connectivity index (χ3v) is 2.77. The van der Waals surface area contributed by atoms with Gasteiger partial charge in [0.1, 0.15) is 5.82 Å². The number of hydrogen-bond acceptors (Lipinski definition) is 1. The lowest BCUT2D eigenvalue weighted by atomic mass is 9.99. The van der Waals surface area contributed by atoms with Crippen molar-refractivity contribution in [2.24, 2.45) is 0 Å². The maximum Gasteiger partial charge on any atom is 0.123 e. The topological polar surface area (TPSA) is 23.8 Å². The summed E-state index contributed by atoms with van der Waals surface area (Å²) in [5.41, 5.74) is 3.92. The molecule has 0 saturated carbocycles. The minimum atomic E-state index is -0.235. The van der Waals surface area contributed by atoms with Gasteiger partial charge in [-0.3, -0.25) is 0 Å². The van der Waals surface area contributed by atoms with Gasteiger partial charge in [-0.15, -0.1) is 0 Å². The van der Waals surface area contributed by atoms with Gasteiger partial charge in [-0.2, -0.15) is 5.26 Å². The zero-order chi connectivity index (χ0) is 12.3. The molecule has 0 fully saturated rings. The van der Waals surface area contributed by atoms with E-state index in [-0.39, 0.29) is 5.82 Å². The molecule has 0 spiro atoms. The van der Waals surface area contributed by atoms with E-state index in [9.17, 15) is 4.39 Å². The van der Waals surface area contributed by atoms with E-state index in [4.69, 9.17) is 5.26 Å². The number of benzene rings is 2. The third-order valence-electron chi connectivity index (χ3n) is 2.77. The average molecular weight is 225 g/mol. The van der Waals surface area contributed by atoms with Gasteiger partial charge in [0.2, 0.25) is 0 Å². The van der Waals surface area contributed by atoms with Gasteiger partial charge in [-0.25, -0.2) is 4.39 Å². The summed E-state index contributed by atoms with van der Waals surface area (Å²) in [7, 11) is 0. The fourth-order valence-electron chi connectivity index (χ4n) is 1.83. The molecule has 0 aromatic heterocycles. The quantitative estimate of drug-likeness (QED) is 0.761. The molecular formula is C15H12FN. The molecule has 0 N–H and O–H groups in total. The molecule has 2 aromatic rings. The maximum atomic E-state index is 13.1. The van der Waals surface area contributed by atoms with Crippen LogP contribution in [-0.2, 0) is 6.42 Å². The summed E-state index contributed by atoms with van der Waals surface area (Å²) in [6, 6.07) is 14.5. The highest BCUT2D eigenvalue weighted by Crippen LogP contribution is 2.23. The molecule has 2 aromatic carbocycles. The lowest BCUT2D eigenvalue weighted by molar-refractivity contribution is 0.628. The van der Waals surface area contributed by atoms with E-state index in [1.54, 1.807) is 6.07 Å². The zero-order valence-corrected chi connectivity index (χ0v) is 9.57. The molecule has 0 aliphatic rings. The van der Waals surface area contributed by atoms with Gasteiger partial charge >= 0.3 is 0 Å². The number of hydrogen-bond donors (Lipinski definition) is 0. The van der Waals surface area contributed by atoms with Crippen LogP contribution in [0.2, 0.25) is 0 Å². The summed E-state index contributed by atoms with van der Waals surface area (Å²) >= 11 is 0. The Hall–Kier alpha value is -2.14. The predicted molar refractivity (Wildman–Crippen MR) is 65.9 cm³/mol. The number of nitrogens with zero attached hydrogens (tertiary/aromatic N) is 1. The van der Waals surface area contributed by atoms with Crippen LogP contribution in [0.15, 0.2) is 42.5 Å². The van der Waals surface area contributed by atoms with Gasteiger partial charge < -0.3 is 0 Å². The van der Waals surface area contributed by atoms with E-state index in [1.807, 2.05) is 31.2 Å². The Morgan fingerprint density at radius 3 is 2.53 bits per heavy atom. The van der Waals surface area contributed by atoms with Crippen molar-refractivity contribution in [1.29, 1.82) is 5.26 Å². The first-order valence-electron chi connectivity index (χ1n) is 5.43. The second kappa shape index (κ2) is 4.80. The van der Waals surface area contributed by atoms with Crippen molar-refractivity contribution in [2.45, 2.75) is 13.3 Å². The molecule has 0 unspecified atom stereocenters. The Labute approximate surface area is 100 Å². The smallest absolute Gasteiger partial charge is 0.123 e. The predicted octanol–water partition coefficient (Wildman–Crippen LogP) is 3.87. The normalized spacial score (nSPS) is 9.94. The SMILES string of the molecule is Cc1cc(-c2cccc(F)c2)ccc1CC#N. The van der Waals surface area contributed by atoms with Crippen molar-refractivity contribution in [3.05, 3.63) is 59.4 Å². The minimum Gasteiger partial charge on any atom is -0.207 e.